The van der Waals surface area contributed by atoms with Crippen molar-refractivity contribution in [1.82, 2.24) is 0 Å². The average molecular weight is 362 g/mol. The Balaban J connectivity index is 1.67. The lowest BCUT2D eigenvalue weighted by molar-refractivity contribution is -0.390. The molecule has 0 radical (unpaired) electrons. The third kappa shape index (κ3) is 3.96. The maximum atomic E-state index is 13.6. The van der Waals surface area contributed by atoms with Crippen molar-refractivity contribution in [3.8, 4) is 11.5 Å². The maximum absolute atomic E-state index is 13.6. The van der Waals surface area contributed by atoms with Crippen molar-refractivity contribution in [2.24, 2.45) is 5.92 Å². The summed E-state index contributed by atoms with van der Waals surface area (Å²) in [6, 6.07) is 7.78. The van der Waals surface area contributed by atoms with Gasteiger partial charge in [-0.2, -0.15) is 8.78 Å². The van der Waals surface area contributed by atoms with E-state index < -0.39 is 22.2 Å². The number of hydrogen-bond donors (Lipinski definition) is 1. The second-order valence-electron chi connectivity index (χ2n) is 6.09. The third-order valence-electron chi connectivity index (χ3n) is 4.26. The molecule has 0 saturated heterocycles. The highest BCUT2D eigenvalue weighted by molar-refractivity contribution is 5.92. The van der Waals surface area contributed by atoms with Crippen LogP contribution in [-0.4, -0.2) is 10.8 Å². The van der Waals surface area contributed by atoms with E-state index in [1.54, 1.807) is 12.1 Å². The number of hydrogen-bond acceptors (Lipinski definition) is 4. The number of nitrogens with zero attached hydrogens (tertiary/aromatic N) is 1. The van der Waals surface area contributed by atoms with Crippen LogP contribution < -0.4 is 10.1 Å². The minimum atomic E-state index is -1.31. The number of carbonyl (C=O) groups excluding carboxylic acids is 1. The van der Waals surface area contributed by atoms with Crippen molar-refractivity contribution in [1.29, 1.82) is 0 Å². The van der Waals surface area contributed by atoms with Gasteiger partial charge in [-0.05, 0) is 37.1 Å². The van der Waals surface area contributed by atoms with Crippen LogP contribution in [0.1, 0.15) is 25.7 Å². The first-order chi connectivity index (χ1) is 12.4. The first kappa shape index (κ1) is 17.8. The van der Waals surface area contributed by atoms with E-state index in [4.69, 9.17) is 4.74 Å². The fraction of sp³-hybridized carbons (Fsp3) is 0.278. The molecule has 1 aliphatic carbocycles. The van der Waals surface area contributed by atoms with Gasteiger partial charge < -0.3 is 10.1 Å². The largest absolute Gasteiger partial charge is 0.457 e. The molecular formula is C18H16F2N2O4. The predicted molar refractivity (Wildman–Crippen MR) is 90.1 cm³/mol. The van der Waals surface area contributed by atoms with Gasteiger partial charge in [0.05, 0.1) is 4.92 Å². The van der Waals surface area contributed by atoms with Crippen molar-refractivity contribution in [3.05, 3.63) is 58.1 Å². The topological polar surface area (TPSA) is 81.5 Å². The number of benzene rings is 2. The molecule has 2 aromatic rings. The van der Waals surface area contributed by atoms with Crippen LogP contribution in [0.25, 0.3) is 0 Å². The monoisotopic (exact) mass is 362 g/mol. The van der Waals surface area contributed by atoms with Gasteiger partial charge in [0, 0.05) is 23.7 Å². The van der Waals surface area contributed by atoms with Gasteiger partial charge in [-0.3, -0.25) is 14.9 Å². The molecule has 136 valence electrons. The number of nitro benzene ring substituents is 1. The Morgan fingerprint density at radius 2 is 1.65 bits per heavy atom. The predicted octanol–water partition coefficient (Wildman–Crippen LogP) is 4.79. The zero-order valence-corrected chi connectivity index (χ0v) is 13.7. The molecule has 0 atom stereocenters. The van der Waals surface area contributed by atoms with Gasteiger partial charge in [-0.25, -0.2) is 0 Å². The Labute approximate surface area is 147 Å². The SMILES string of the molecule is O=C(Nc1ccc(Oc2cc(F)c([N+](=O)[O-])c(F)c2)cc1)C1CCCC1. The molecule has 6 nitrogen and oxygen atoms in total. The zero-order chi connectivity index (χ0) is 18.7. The summed E-state index contributed by atoms with van der Waals surface area (Å²) in [5.41, 5.74) is -0.627. The second kappa shape index (κ2) is 7.47. The van der Waals surface area contributed by atoms with Crippen molar-refractivity contribution >= 4 is 17.3 Å². The lowest BCUT2D eigenvalue weighted by Gasteiger charge is -2.11. The number of rotatable bonds is 5. The lowest BCUT2D eigenvalue weighted by Crippen LogP contribution is -2.20. The highest BCUT2D eigenvalue weighted by Gasteiger charge is 2.23. The molecule has 0 bridgehead atoms. The number of anilines is 1. The van der Waals surface area contributed by atoms with E-state index in [2.05, 4.69) is 5.32 Å². The van der Waals surface area contributed by atoms with Crippen LogP contribution in [0.4, 0.5) is 20.2 Å². The summed E-state index contributed by atoms with van der Waals surface area (Å²) in [6.45, 7) is 0. The summed E-state index contributed by atoms with van der Waals surface area (Å²) in [5.74, 6) is -2.53. The number of ether oxygens (including phenoxy) is 1. The van der Waals surface area contributed by atoms with Crippen molar-refractivity contribution in [2.75, 3.05) is 5.32 Å². The van der Waals surface area contributed by atoms with Gasteiger partial charge in [0.2, 0.25) is 17.5 Å². The van der Waals surface area contributed by atoms with E-state index in [0.717, 1.165) is 37.8 Å². The highest BCUT2D eigenvalue weighted by Crippen LogP contribution is 2.30. The molecular weight excluding hydrogens is 346 g/mol. The molecule has 0 spiro atoms. The summed E-state index contributed by atoms with van der Waals surface area (Å²) in [4.78, 5) is 21.5. The quantitative estimate of drug-likeness (QED) is 0.612. The van der Waals surface area contributed by atoms with E-state index in [1.165, 1.54) is 12.1 Å². The standard InChI is InChI=1S/C18H16F2N2O4/c19-15-9-14(10-16(20)17(15)22(24)25)26-13-7-5-12(6-8-13)21-18(23)11-3-1-2-4-11/h5-11H,1-4H2,(H,21,23). The van der Waals surface area contributed by atoms with Crippen LogP contribution in [0.15, 0.2) is 36.4 Å². The first-order valence-electron chi connectivity index (χ1n) is 8.16. The summed E-state index contributed by atoms with van der Waals surface area (Å²) < 4.78 is 32.5. The van der Waals surface area contributed by atoms with Crippen molar-refractivity contribution in [3.63, 3.8) is 0 Å². The molecule has 0 aromatic heterocycles. The summed E-state index contributed by atoms with van der Waals surface area (Å²) >= 11 is 0. The minimum Gasteiger partial charge on any atom is -0.457 e. The number of amides is 1. The van der Waals surface area contributed by atoms with Crippen LogP contribution in [0.3, 0.4) is 0 Å². The van der Waals surface area contributed by atoms with E-state index in [9.17, 15) is 23.7 Å². The van der Waals surface area contributed by atoms with Crippen LogP contribution in [0, 0.1) is 27.7 Å². The molecule has 26 heavy (non-hydrogen) atoms. The van der Waals surface area contributed by atoms with Crippen LogP contribution in [0.2, 0.25) is 0 Å². The Morgan fingerprint density at radius 3 is 2.19 bits per heavy atom. The molecule has 1 saturated carbocycles. The summed E-state index contributed by atoms with van der Waals surface area (Å²) in [5, 5.41) is 13.4. The minimum absolute atomic E-state index is 0.0179. The molecule has 1 N–H and O–H groups in total. The Morgan fingerprint density at radius 1 is 1.08 bits per heavy atom. The molecule has 1 fully saturated rings. The number of carbonyl (C=O) groups is 1. The van der Waals surface area contributed by atoms with E-state index in [-0.39, 0.29) is 23.3 Å². The van der Waals surface area contributed by atoms with E-state index in [0.29, 0.717) is 5.69 Å². The number of halogens is 2. The van der Waals surface area contributed by atoms with Gasteiger partial charge in [-0.15, -0.1) is 0 Å². The molecule has 1 aliphatic rings. The molecule has 0 aliphatic heterocycles. The molecule has 2 aromatic carbocycles. The second-order valence-corrected chi connectivity index (χ2v) is 6.09. The van der Waals surface area contributed by atoms with Gasteiger partial charge >= 0.3 is 5.69 Å². The summed E-state index contributed by atoms with van der Waals surface area (Å²) in [7, 11) is 0. The van der Waals surface area contributed by atoms with Crippen LogP contribution >= 0.6 is 0 Å². The molecule has 8 heteroatoms. The molecule has 0 heterocycles. The van der Waals surface area contributed by atoms with E-state index in [1.807, 2.05) is 0 Å². The lowest BCUT2D eigenvalue weighted by atomic mass is 10.1. The Hall–Kier alpha value is -3.03. The normalized spacial score (nSPS) is 14.2. The molecule has 3 rings (SSSR count). The summed E-state index contributed by atoms with van der Waals surface area (Å²) in [6.07, 6.45) is 3.91. The number of nitro groups is 1. The fourth-order valence-corrected chi connectivity index (χ4v) is 2.95. The zero-order valence-electron chi connectivity index (χ0n) is 13.7. The van der Waals surface area contributed by atoms with Crippen molar-refractivity contribution in [2.45, 2.75) is 25.7 Å². The number of nitrogens with one attached hydrogen (secondary N) is 1. The van der Waals surface area contributed by atoms with Gasteiger partial charge in [0.1, 0.15) is 11.5 Å². The molecule has 0 unspecified atom stereocenters. The maximum Gasteiger partial charge on any atom is 0.340 e. The van der Waals surface area contributed by atoms with Gasteiger partial charge in [-0.1, -0.05) is 12.8 Å². The van der Waals surface area contributed by atoms with Crippen LogP contribution in [-0.2, 0) is 4.79 Å². The van der Waals surface area contributed by atoms with Crippen molar-refractivity contribution < 1.29 is 23.2 Å². The fourth-order valence-electron chi connectivity index (χ4n) is 2.95. The highest BCUT2D eigenvalue weighted by atomic mass is 19.1. The van der Waals surface area contributed by atoms with Gasteiger partial charge in [0.15, 0.2) is 0 Å². The Kier molecular flexibility index (Phi) is 5.11. The molecule has 1 amide bonds. The third-order valence-corrected chi connectivity index (χ3v) is 4.26. The van der Waals surface area contributed by atoms with E-state index >= 15 is 0 Å². The van der Waals surface area contributed by atoms with Crippen LogP contribution in [0.5, 0.6) is 11.5 Å². The van der Waals surface area contributed by atoms with Gasteiger partial charge in [0.25, 0.3) is 0 Å². The smallest absolute Gasteiger partial charge is 0.340 e. The average Bonchev–Trinajstić information content (AvgIpc) is 3.10. The first-order valence-corrected chi connectivity index (χ1v) is 8.16. The Bertz CT molecular complexity index is 811.